The summed E-state index contributed by atoms with van der Waals surface area (Å²) >= 11 is 0. The van der Waals surface area contributed by atoms with Crippen molar-refractivity contribution in [1.82, 2.24) is 0 Å². The number of alkyl halides is 9. The Balaban J connectivity index is 6.38. The number of hydrogen-bond acceptors (Lipinski definition) is 6. The average molecular weight is 518 g/mol. The Morgan fingerprint density at radius 3 is 1.71 bits per heavy atom. The Morgan fingerprint density at radius 2 is 1.38 bits per heavy atom. The molecule has 0 saturated heterocycles. The van der Waals surface area contributed by atoms with Gasteiger partial charge in [0.2, 0.25) is 0 Å². The number of carbonyl (C=O) groups excluding carboxylic acids is 2. The fourth-order valence-electron chi connectivity index (χ4n) is 2.73. The number of hydrogen-bond donors (Lipinski definition) is 1. The minimum Gasteiger partial charge on any atom is -0.456 e. The lowest BCUT2D eigenvalue weighted by Crippen LogP contribution is -2.71. The predicted molar refractivity (Wildman–Crippen MR) is 97.2 cm³/mol. The molecule has 0 aliphatic rings. The van der Waals surface area contributed by atoms with Crippen LogP contribution in [-0.2, 0) is 23.8 Å². The molecule has 0 aliphatic carbocycles. The van der Waals surface area contributed by atoms with Gasteiger partial charge < -0.3 is 19.3 Å². The van der Waals surface area contributed by atoms with Gasteiger partial charge in [-0.15, -0.1) is 0 Å². The van der Waals surface area contributed by atoms with E-state index < -0.39 is 72.0 Å². The highest BCUT2D eigenvalue weighted by atomic mass is 19.4. The zero-order chi connectivity index (χ0) is 27.6. The fourth-order valence-corrected chi connectivity index (χ4v) is 2.73. The summed E-state index contributed by atoms with van der Waals surface area (Å²) in [6, 6.07) is 0. The number of halogens is 9. The minimum absolute atomic E-state index is 0.0972. The second kappa shape index (κ2) is 10.1. The topological polar surface area (TPSA) is 82.1 Å². The van der Waals surface area contributed by atoms with E-state index in [0.29, 0.717) is 0 Å². The second-order valence-corrected chi connectivity index (χ2v) is 7.77. The van der Waals surface area contributed by atoms with E-state index in [1.165, 1.54) is 0 Å². The zero-order valence-electron chi connectivity index (χ0n) is 18.4. The van der Waals surface area contributed by atoms with Crippen LogP contribution in [0.4, 0.5) is 39.5 Å². The molecule has 0 rings (SSSR count). The highest BCUT2D eigenvalue weighted by molar-refractivity contribution is 5.87. The van der Waals surface area contributed by atoms with Crippen molar-refractivity contribution < 1.29 is 68.4 Å². The number of carbonyl (C=O) groups is 2. The minimum atomic E-state index is -6.31. The summed E-state index contributed by atoms with van der Waals surface area (Å²) in [6.45, 7) is 5.69. The van der Waals surface area contributed by atoms with Crippen molar-refractivity contribution in [2.75, 3.05) is 6.61 Å². The first-order valence-corrected chi connectivity index (χ1v) is 9.17. The molecule has 2 atom stereocenters. The van der Waals surface area contributed by atoms with Gasteiger partial charge in [0.05, 0.1) is 6.61 Å². The first kappa shape index (κ1) is 31.7. The van der Waals surface area contributed by atoms with Gasteiger partial charge in [0, 0.05) is 18.1 Å². The third kappa shape index (κ3) is 6.43. The monoisotopic (exact) mass is 518 g/mol. The van der Waals surface area contributed by atoms with Gasteiger partial charge in [0.15, 0.2) is 11.2 Å². The van der Waals surface area contributed by atoms with E-state index in [1.807, 2.05) is 0 Å². The fraction of sp³-hybridized carbons (Fsp3) is 0.684. The van der Waals surface area contributed by atoms with Gasteiger partial charge in [-0.1, -0.05) is 13.2 Å². The molecule has 0 bridgehead atoms. The molecule has 1 N–H and O–H groups in total. The lowest BCUT2D eigenvalue weighted by molar-refractivity contribution is -0.420. The molecule has 0 amide bonds. The molecular weight excluding hydrogens is 495 g/mol. The van der Waals surface area contributed by atoms with E-state index in [9.17, 15) is 54.2 Å². The standard InChI is InChI=1S/C19H23F9O6/c1-7-12(29)34-14(4,5)16(18(23,24)25,19(26,27)28)32-9-8-11(33-13(30)10(2)3)15(6,31)17(20,21)22/h7,11,31H,1-2,8-9H2,3-6H3. The van der Waals surface area contributed by atoms with Gasteiger partial charge in [-0.25, -0.2) is 9.59 Å². The highest BCUT2D eigenvalue weighted by Crippen LogP contribution is 2.53. The molecule has 0 aliphatic heterocycles. The van der Waals surface area contributed by atoms with Crippen LogP contribution >= 0.6 is 0 Å². The maximum atomic E-state index is 13.8. The average Bonchev–Trinajstić information content (AvgIpc) is 2.59. The van der Waals surface area contributed by atoms with Crippen molar-refractivity contribution in [2.24, 2.45) is 0 Å². The van der Waals surface area contributed by atoms with Crippen LogP contribution in [0.5, 0.6) is 0 Å². The third-order valence-electron chi connectivity index (χ3n) is 4.67. The maximum Gasteiger partial charge on any atom is 0.430 e. The molecule has 0 aromatic rings. The molecule has 2 unspecified atom stereocenters. The summed E-state index contributed by atoms with van der Waals surface area (Å²) < 4.78 is 135. The molecule has 0 fully saturated rings. The zero-order valence-corrected chi connectivity index (χ0v) is 18.4. The Kier molecular flexibility index (Phi) is 9.45. The van der Waals surface area contributed by atoms with E-state index in [-0.39, 0.29) is 26.8 Å². The second-order valence-electron chi connectivity index (χ2n) is 7.77. The van der Waals surface area contributed by atoms with Crippen molar-refractivity contribution in [3.63, 3.8) is 0 Å². The number of ether oxygens (including phenoxy) is 3. The predicted octanol–water partition coefficient (Wildman–Crippen LogP) is 4.57. The van der Waals surface area contributed by atoms with E-state index in [2.05, 4.69) is 27.4 Å². The maximum absolute atomic E-state index is 13.8. The third-order valence-corrected chi connectivity index (χ3v) is 4.67. The lowest BCUT2D eigenvalue weighted by Gasteiger charge is -2.46. The smallest absolute Gasteiger partial charge is 0.430 e. The van der Waals surface area contributed by atoms with Crippen LogP contribution in [0.25, 0.3) is 0 Å². The van der Waals surface area contributed by atoms with E-state index in [0.717, 1.165) is 6.92 Å². The molecule has 0 saturated carbocycles. The quantitative estimate of drug-likeness (QED) is 0.259. The van der Waals surface area contributed by atoms with E-state index >= 15 is 0 Å². The van der Waals surface area contributed by atoms with Crippen molar-refractivity contribution >= 4 is 11.9 Å². The van der Waals surface area contributed by atoms with Crippen LogP contribution in [0.2, 0.25) is 0 Å². The molecule has 34 heavy (non-hydrogen) atoms. The molecule has 0 aromatic carbocycles. The van der Waals surface area contributed by atoms with Gasteiger partial charge in [0.1, 0.15) is 6.10 Å². The molecule has 0 heterocycles. The van der Waals surface area contributed by atoms with Crippen molar-refractivity contribution in [3.05, 3.63) is 24.8 Å². The summed E-state index contributed by atoms with van der Waals surface area (Å²) in [5.41, 5.74) is -13.1. The Hall–Kier alpha value is -2.29. The summed E-state index contributed by atoms with van der Waals surface area (Å²) in [5, 5.41) is 9.79. The van der Waals surface area contributed by atoms with Gasteiger partial charge in [-0.05, 0) is 27.7 Å². The largest absolute Gasteiger partial charge is 0.456 e. The molecule has 15 heteroatoms. The summed E-state index contributed by atoms with van der Waals surface area (Å²) in [7, 11) is 0. The van der Waals surface area contributed by atoms with Crippen LogP contribution < -0.4 is 0 Å². The van der Waals surface area contributed by atoms with Crippen LogP contribution in [0.3, 0.4) is 0 Å². The van der Waals surface area contributed by atoms with Gasteiger partial charge in [-0.3, -0.25) is 0 Å². The van der Waals surface area contributed by atoms with E-state index in [4.69, 9.17) is 0 Å². The summed E-state index contributed by atoms with van der Waals surface area (Å²) in [5.74, 6) is -3.19. The number of esters is 2. The van der Waals surface area contributed by atoms with Gasteiger partial charge in [-0.2, -0.15) is 39.5 Å². The summed E-state index contributed by atoms with van der Waals surface area (Å²) in [4.78, 5) is 23.0. The van der Waals surface area contributed by atoms with Crippen molar-refractivity contribution in [2.45, 2.75) is 75.6 Å². The van der Waals surface area contributed by atoms with Gasteiger partial charge in [0.25, 0.3) is 5.60 Å². The first-order chi connectivity index (χ1) is 14.9. The van der Waals surface area contributed by atoms with Gasteiger partial charge >= 0.3 is 30.5 Å². The normalized spacial score (nSPS) is 16.3. The molecule has 0 radical (unpaired) electrons. The Labute approximate surface area is 188 Å². The van der Waals surface area contributed by atoms with Crippen LogP contribution in [0.1, 0.15) is 34.1 Å². The van der Waals surface area contributed by atoms with Crippen LogP contribution in [-0.4, -0.2) is 65.1 Å². The lowest BCUT2D eigenvalue weighted by atomic mass is 9.83. The van der Waals surface area contributed by atoms with Crippen molar-refractivity contribution in [3.8, 4) is 0 Å². The molecule has 0 aromatic heterocycles. The Bertz CT molecular complexity index is 765. The number of aliphatic hydroxyl groups is 1. The van der Waals surface area contributed by atoms with Crippen molar-refractivity contribution in [1.29, 1.82) is 0 Å². The van der Waals surface area contributed by atoms with Crippen LogP contribution in [0, 0.1) is 0 Å². The SMILES string of the molecule is C=CC(=O)OC(C)(C)C(OCCC(OC(=O)C(=C)C)C(C)(O)C(F)(F)F)(C(F)(F)F)C(F)(F)F. The summed E-state index contributed by atoms with van der Waals surface area (Å²) in [6.07, 6.45) is -22.0. The first-order valence-electron chi connectivity index (χ1n) is 9.17. The van der Waals surface area contributed by atoms with E-state index in [1.54, 1.807) is 0 Å². The molecule has 6 nitrogen and oxygen atoms in total. The van der Waals surface area contributed by atoms with Crippen LogP contribution in [0.15, 0.2) is 24.8 Å². The Morgan fingerprint density at radius 1 is 0.941 bits per heavy atom. The number of rotatable bonds is 10. The molecular formula is C19H23F9O6. The molecule has 198 valence electrons. The highest BCUT2D eigenvalue weighted by Gasteiger charge is 2.80. The molecule has 0 spiro atoms.